The molecule has 0 bridgehead atoms. The molecule has 19 heavy (non-hydrogen) atoms. The second kappa shape index (κ2) is 6.36. The van der Waals surface area contributed by atoms with Crippen LogP contribution in [0.1, 0.15) is 68.7 Å². The van der Waals surface area contributed by atoms with Gasteiger partial charge in [-0.3, -0.25) is 4.99 Å². The largest absolute Gasteiger partial charge is 0.264 e. The molecular weight excluding hydrogens is 230 g/mol. The normalized spacial score (nSPS) is 11.7. The molecule has 0 aliphatic heterocycles. The molecule has 0 atom stereocenters. The van der Waals surface area contributed by atoms with Gasteiger partial charge in [0.25, 0.3) is 0 Å². The highest BCUT2D eigenvalue weighted by Gasteiger charge is 2.31. The number of hydrogen-bond acceptors (Lipinski definition) is 1. The third kappa shape index (κ3) is 2.75. The summed E-state index contributed by atoms with van der Waals surface area (Å²) in [6.45, 7) is 17.3. The molecule has 0 aliphatic carbocycles. The Kier molecular flexibility index (Phi) is 5.34. The molecule has 0 saturated carbocycles. The number of benzene rings is 1. The molecule has 0 aromatic heterocycles. The Hall–Kier alpha value is -1.11. The Morgan fingerprint density at radius 3 is 2.05 bits per heavy atom. The number of rotatable bonds is 6. The number of nitrogens with zero attached hydrogens (tertiary/aromatic N) is 1. The zero-order chi connectivity index (χ0) is 14.6. The summed E-state index contributed by atoms with van der Waals surface area (Å²) in [4.78, 5) is 4.37. The lowest BCUT2D eigenvalue weighted by Crippen LogP contribution is -2.25. The molecule has 1 rings (SSSR count). The van der Waals surface area contributed by atoms with Crippen molar-refractivity contribution in [3.8, 4) is 0 Å². The van der Waals surface area contributed by atoms with E-state index in [0.29, 0.717) is 0 Å². The lowest BCUT2D eigenvalue weighted by Gasteiger charge is -2.34. The first-order valence-electron chi connectivity index (χ1n) is 7.55. The van der Waals surface area contributed by atoms with E-state index in [0.717, 1.165) is 5.69 Å². The summed E-state index contributed by atoms with van der Waals surface area (Å²) >= 11 is 0. The molecule has 0 saturated heterocycles. The van der Waals surface area contributed by atoms with Crippen molar-refractivity contribution in [2.75, 3.05) is 0 Å². The summed E-state index contributed by atoms with van der Waals surface area (Å²) in [5.74, 6) is 0. The summed E-state index contributed by atoms with van der Waals surface area (Å²) in [7, 11) is 0. The molecule has 1 aromatic carbocycles. The van der Waals surface area contributed by atoms with Gasteiger partial charge in [0, 0.05) is 0 Å². The van der Waals surface area contributed by atoms with Crippen LogP contribution in [0.25, 0.3) is 0 Å². The zero-order valence-corrected chi connectivity index (χ0v) is 13.6. The van der Waals surface area contributed by atoms with Crippen molar-refractivity contribution in [1.82, 2.24) is 0 Å². The summed E-state index contributed by atoms with van der Waals surface area (Å²) < 4.78 is 0. The highest BCUT2D eigenvalue weighted by Crippen LogP contribution is 2.43. The molecule has 0 amide bonds. The van der Waals surface area contributed by atoms with Crippen molar-refractivity contribution in [2.45, 2.75) is 72.6 Å². The number of hydrogen-bond donors (Lipinski definition) is 0. The third-order valence-electron chi connectivity index (χ3n) is 4.94. The van der Waals surface area contributed by atoms with Crippen LogP contribution >= 0.6 is 0 Å². The molecule has 106 valence electrons. The Bertz CT molecular complexity index is 453. The maximum atomic E-state index is 4.37. The average Bonchev–Trinajstić information content (AvgIpc) is 2.42. The van der Waals surface area contributed by atoms with Crippen LogP contribution in [0.15, 0.2) is 11.1 Å². The van der Waals surface area contributed by atoms with Crippen molar-refractivity contribution in [1.29, 1.82) is 0 Å². The molecule has 1 heteroatoms. The molecule has 0 N–H and O–H groups in total. The van der Waals surface area contributed by atoms with Crippen LogP contribution in [0, 0.1) is 20.8 Å². The van der Waals surface area contributed by atoms with Gasteiger partial charge < -0.3 is 0 Å². The van der Waals surface area contributed by atoms with Crippen LogP contribution < -0.4 is 0 Å². The molecule has 0 aliphatic rings. The van der Waals surface area contributed by atoms with E-state index in [9.17, 15) is 0 Å². The van der Waals surface area contributed by atoms with E-state index in [4.69, 9.17) is 0 Å². The van der Waals surface area contributed by atoms with Crippen LogP contribution in [-0.4, -0.2) is 6.72 Å². The van der Waals surface area contributed by atoms with E-state index in [1.807, 2.05) is 0 Å². The Morgan fingerprint density at radius 2 is 1.63 bits per heavy atom. The Morgan fingerprint density at radius 1 is 1.05 bits per heavy atom. The minimum Gasteiger partial charge on any atom is -0.264 e. The average molecular weight is 259 g/mol. The molecule has 1 aromatic rings. The first-order chi connectivity index (χ1) is 8.97. The van der Waals surface area contributed by atoms with E-state index < -0.39 is 0 Å². The predicted molar refractivity (Wildman–Crippen MR) is 87.0 cm³/mol. The van der Waals surface area contributed by atoms with E-state index in [-0.39, 0.29) is 5.41 Å². The van der Waals surface area contributed by atoms with E-state index in [1.165, 1.54) is 47.9 Å². The fraction of sp³-hybridized carbons (Fsp3) is 0.611. The Labute approximate surface area is 119 Å². The lowest BCUT2D eigenvalue weighted by molar-refractivity contribution is 0.362. The van der Waals surface area contributed by atoms with E-state index in [1.54, 1.807) is 0 Å². The maximum absolute atomic E-state index is 4.37. The maximum Gasteiger partial charge on any atom is 0.0691 e. The van der Waals surface area contributed by atoms with Gasteiger partial charge in [-0.05, 0) is 74.4 Å². The van der Waals surface area contributed by atoms with Gasteiger partial charge in [-0.2, -0.15) is 0 Å². The van der Waals surface area contributed by atoms with Crippen molar-refractivity contribution in [2.24, 2.45) is 4.99 Å². The van der Waals surface area contributed by atoms with Crippen LogP contribution in [0.3, 0.4) is 0 Å². The first-order valence-corrected chi connectivity index (χ1v) is 7.55. The van der Waals surface area contributed by atoms with Crippen molar-refractivity contribution in [3.05, 3.63) is 28.3 Å². The summed E-state index contributed by atoms with van der Waals surface area (Å²) in [6.07, 6.45) is 4.78. The van der Waals surface area contributed by atoms with Gasteiger partial charge >= 0.3 is 0 Å². The standard InChI is InChI=1S/C18H29N/c1-8-11-18(9-2,10-3)16-12-13(4)14(5)15(6)17(16)19-7/h12H,7-11H2,1-6H3. The monoisotopic (exact) mass is 259 g/mol. The van der Waals surface area contributed by atoms with E-state index >= 15 is 0 Å². The number of aryl methyl sites for hydroxylation is 1. The predicted octanol–water partition coefficient (Wildman–Crippen LogP) is 5.80. The van der Waals surface area contributed by atoms with Crippen LogP contribution in [0.4, 0.5) is 5.69 Å². The minimum absolute atomic E-state index is 0.258. The Balaban J connectivity index is 3.59. The van der Waals surface area contributed by atoms with Gasteiger partial charge in [-0.25, -0.2) is 0 Å². The molecule has 0 fully saturated rings. The molecule has 0 heterocycles. The quantitative estimate of drug-likeness (QED) is 0.572. The smallest absolute Gasteiger partial charge is 0.0691 e. The highest BCUT2D eigenvalue weighted by atomic mass is 14.7. The van der Waals surface area contributed by atoms with Crippen LogP contribution in [0.2, 0.25) is 0 Å². The molecule has 0 spiro atoms. The van der Waals surface area contributed by atoms with Gasteiger partial charge in [0.15, 0.2) is 0 Å². The van der Waals surface area contributed by atoms with Crippen LogP contribution in [-0.2, 0) is 5.41 Å². The minimum atomic E-state index is 0.258. The summed E-state index contributed by atoms with van der Waals surface area (Å²) in [5, 5.41) is 0. The highest BCUT2D eigenvalue weighted by molar-refractivity contribution is 5.63. The van der Waals surface area contributed by atoms with Crippen molar-refractivity contribution in [3.63, 3.8) is 0 Å². The fourth-order valence-electron chi connectivity index (χ4n) is 3.27. The molecular formula is C18H29N. The van der Waals surface area contributed by atoms with Gasteiger partial charge in [0.05, 0.1) is 5.69 Å². The van der Waals surface area contributed by atoms with Crippen molar-refractivity contribution < 1.29 is 0 Å². The molecule has 1 nitrogen and oxygen atoms in total. The van der Waals surface area contributed by atoms with Gasteiger partial charge in [-0.15, -0.1) is 0 Å². The van der Waals surface area contributed by atoms with Crippen molar-refractivity contribution >= 4 is 12.4 Å². The second-order valence-electron chi connectivity index (χ2n) is 5.74. The fourth-order valence-corrected chi connectivity index (χ4v) is 3.27. The van der Waals surface area contributed by atoms with Gasteiger partial charge in [-0.1, -0.05) is 33.3 Å². The first kappa shape index (κ1) is 15.9. The summed E-state index contributed by atoms with van der Waals surface area (Å²) in [5.41, 5.74) is 6.82. The second-order valence-corrected chi connectivity index (χ2v) is 5.74. The van der Waals surface area contributed by atoms with Crippen LogP contribution in [0.5, 0.6) is 0 Å². The molecule has 0 unspecified atom stereocenters. The molecule has 0 radical (unpaired) electrons. The SMILES string of the molecule is C=Nc1c(C(CC)(CC)CCC)cc(C)c(C)c1C. The van der Waals surface area contributed by atoms with Gasteiger partial charge in [0.2, 0.25) is 0 Å². The van der Waals surface area contributed by atoms with Gasteiger partial charge in [0.1, 0.15) is 0 Å². The lowest BCUT2D eigenvalue weighted by atomic mass is 9.70. The topological polar surface area (TPSA) is 12.4 Å². The van der Waals surface area contributed by atoms with E-state index in [2.05, 4.69) is 59.3 Å². The zero-order valence-electron chi connectivity index (χ0n) is 13.6. The third-order valence-corrected chi connectivity index (χ3v) is 4.94. The summed E-state index contributed by atoms with van der Waals surface area (Å²) in [6, 6.07) is 2.36. The number of aliphatic imine (C=N–C) groups is 1.